The number of ether oxygens (including phenoxy) is 2. The van der Waals surface area contributed by atoms with Crippen molar-refractivity contribution in [2.75, 3.05) is 30.8 Å². The summed E-state index contributed by atoms with van der Waals surface area (Å²) in [4.78, 5) is 12.3. The first kappa shape index (κ1) is 23.5. The highest BCUT2D eigenvalue weighted by atomic mass is 35.5. The highest BCUT2D eigenvalue weighted by Crippen LogP contribution is 2.32. The van der Waals surface area contributed by atoms with E-state index in [0.29, 0.717) is 11.6 Å². The number of hydrazone groups is 1. The molecule has 30 heavy (non-hydrogen) atoms. The van der Waals surface area contributed by atoms with E-state index in [0.717, 1.165) is 28.3 Å². The average molecular weight is 454 g/mol. The fraction of sp³-hybridized carbons (Fsp3) is 0.300. The largest absolute Gasteiger partial charge is 0.495 e. The van der Waals surface area contributed by atoms with E-state index in [9.17, 15) is 13.2 Å². The minimum Gasteiger partial charge on any atom is -0.495 e. The molecule has 0 atom stereocenters. The highest BCUT2D eigenvalue weighted by Gasteiger charge is 2.24. The summed E-state index contributed by atoms with van der Waals surface area (Å²) in [6.45, 7) is 2.17. The Bertz CT molecular complexity index is 994. The SMILES string of the molecule is CCCOc1ccc(/C=N\NC(=O)CN(c2cc(Cl)ccc2OC)S(C)(=O)=O)cc1. The molecule has 0 aromatic heterocycles. The molecule has 0 aliphatic carbocycles. The van der Waals surface area contributed by atoms with Gasteiger partial charge < -0.3 is 9.47 Å². The smallest absolute Gasteiger partial charge is 0.260 e. The molecule has 0 saturated heterocycles. The zero-order chi connectivity index (χ0) is 22.1. The Kier molecular flexibility index (Phi) is 8.49. The Morgan fingerprint density at radius 2 is 1.93 bits per heavy atom. The van der Waals surface area contributed by atoms with Crippen molar-refractivity contribution >= 4 is 39.4 Å². The third-order valence-electron chi connectivity index (χ3n) is 3.85. The Morgan fingerprint density at radius 1 is 1.23 bits per heavy atom. The van der Waals surface area contributed by atoms with E-state index in [1.807, 2.05) is 6.92 Å². The number of methoxy groups -OCH3 is 1. The van der Waals surface area contributed by atoms with Crippen LogP contribution in [0.3, 0.4) is 0 Å². The summed E-state index contributed by atoms with van der Waals surface area (Å²) in [6.07, 6.45) is 3.36. The lowest BCUT2D eigenvalue weighted by Gasteiger charge is -2.23. The van der Waals surface area contributed by atoms with Crippen molar-refractivity contribution in [1.29, 1.82) is 0 Å². The lowest BCUT2D eigenvalue weighted by atomic mass is 10.2. The number of carbonyl (C=O) groups is 1. The van der Waals surface area contributed by atoms with E-state index in [1.165, 1.54) is 25.5 Å². The molecule has 2 rings (SSSR count). The fourth-order valence-electron chi connectivity index (χ4n) is 2.45. The van der Waals surface area contributed by atoms with Crippen LogP contribution in [0.25, 0.3) is 0 Å². The molecule has 0 saturated carbocycles. The first-order valence-electron chi connectivity index (χ1n) is 9.10. The summed E-state index contributed by atoms with van der Waals surface area (Å²) in [7, 11) is -2.39. The molecule has 0 bridgehead atoms. The number of hydrogen-bond donors (Lipinski definition) is 1. The van der Waals surface area contributed by atoms with Crippen LogP contribution in [-0.2, 0) is 14.8 Å². The van der Waals surface area contributed by atoms with Crippen LogP contribution in [0.2, 0.25) is 5.02 Å². The van der Waals surface area contributed by atoms with E-state index >= 15 is 0 Å². The van der Waals surface area contributed by atoms with Crippen LogP contribution in [0.15, 0.2) is 47.6 Å². The van der Waals surface area contributed by atoms with Gasteiger partial charge in [-0.2, -0.15) is 5.10 Å². The standard InChI is InChI=1S/C20H24ClN3O5S/c1-4-11-29-17-8-5-15(6-9-17)13-22-23-20(25)14-24(30(3,26)27)18-12-16(21)7-10-19(18)28-2/h5-10,12-13H,4,11,14H2,1-3H3,(H,23,25)/b22-13-. The Balaban J connectivity index is 2.07. The number of nitrogens with one attached hydrogen (secondary N) is 1. The fourth-order valence-corrected chi connectivity index (χ4v) is 3.47. The van der Waals surface area contributed by atoms with E-state index in [4.69, 9.17) is 21.1 Å². The van der Waals surface area contributed by atoms with Gasteiger partial charge in [-0.1, -0.05) is 18.5 Å². The molecule has 1 N–H and O–H groups in total. The Morgan fingerprint density at radius 3 is 2.53 bits per heavy atom. The van der Waals surface area contributed by atoms with E-state index in [-0.39, 0.29) is 11.4 Å². The molecule has 0 aliphatic rings. The van der Waals surface area contributed by atoms with Gasteiger partial charge in [-0.05, 0) is 54.4 Å². The number of rotatable bonds is 10. The van der Waals surface area contributed by atoms with Crippen LogP contribution < -0.4 is 19.2 Å². The Labute approximate surface area is 181 Å². The first-order chi connectivity index (χ1) is 14.2. The maximum atomic E-state index is 12.3. The van der Waals surface area contributed by atoms with E-state index < -0.39 is 22.5 Å². The average Bonchev–Trinajstić information content (AvgIpc) is 2.70. The Hall–Kier alpha value is -2.78. The van der Waals surface area contributed by atoms with Crippen molar-refractivity contribution in [1.82, 2.24) is 5.43 Å². The van der Waals surface area contributed by atoms with Gasteiger partial charge in [0.2, 0.25) is 10.0 Å². The number of anilines is 1. The second-order valence-corrected chi connectivity index (χ2v) is 8.64. The van der Waals surface area contributed by atoms with Crippen molar-refractivity contribution in [3.05, 3.63) is 53.1 Å². The van der Waals surface area contributed by atoms with Gasteiger partial charge in [0.1, 0.15) is 18.0 Å². The predicted molar refractivity (Wildman–Crippen MR) is 118 cm³/mol. The molecule has 2 aromatic carbocycles. The highest BCUT2D eigenvalue weighted by molar-refractivity contribution is 7.92. The molecule has 162 valence electrons. The molecular weight excluding hydrogens is 430 g/mol. The molecule has 0 radical (unpaired) electrons. The van der Waals surface area contributed by atoms with Crippen LogP contribution in [0.5, 0.6) is 11.5 Å². The van der Waals surface area contributed by atoms with Crippen molar-refractivity contribution in [3.63, 3.8) is 0 Å². The van der Waals surface area contributed by atoms with Crippen LogP contribution in [0.4, 0.5) is 5.69 Å². The van der Waals surface area contributed by atoms with Crippen molar-refractivity contribution in [2.24, 2.45) is 5.10 Å². The number of halogens is 1. The van der Waals surface area contributed by atoms with Crippen molar-refractivity contribution < 1.29 is 22.7 Å². The van der Waals surface area contributed by atoms with Crippen molar-refractivity contribution in [2.45, 2.75) is 13.3 Å². The van der Waals surface area contributed by atoms with Crippen LogP contribution in [0, 0.1) is 0 Å². The number of carbonyl (C=O) groups excluding carboxylic acids is 1. The molecule has 8 nitrogen and oxygen atoms in total. The summed E-state index contributed by atoms with van der Waals surface area (Å²) < 4.78 is 36.1. The topological polar surface area (TPSA) is 97.3 Å². The molecule has 0 aliphatic heterocycles. The minimum atomic E-state index is -3.78. The summed E-state index contributed by atoms with van der Waals surface area (Å²) >= 11 is 5.98. The van der Waals surface area contributed by atoms with Gasteiger partial charge in [0.15, 0.2) is 0 Å². The summed E-state index contributed by atoms with van der Waals surface area (Å²) in [5.41, 5.74) is 3.23. The van der Waals surface area contributed by atoms with E-state index in [2.05, 4.69) is 10.5 Å². The van der Waals surface area contributed by atoms with Gasteiger partial charge in [-0.15, -0.1) is 0 Å². The zero-order valence-corrected chi connectivity index (χ0v) is 18.5. The first-order valence-corrected chi connectivity index (χ1v) is 11.3. The monoisotopic (exact) mass is 453 g/mol. The number of amides is 1. The predicted octanol–water partition coefficient (Wildman–Crippen LogP) is 3.05. The normalized spacial score (nSPS) is 11.3. The van der Waals surface area contributed by atoms with Crippen LogP contribution in [-0.4, -0.2) is 47.1 Å². The molecule has 0 unspecified atom stereocenters. The minimum absolute atomic E-state index is 0.161. The van der Waals surface area contributed by atoms with Crippen LogP contribution in [0.1, 0.15) is 18.9 Å². The molecule has 0 spiro atoms. The molecule has 0 heterocycles. The zero-order valence-electron chi connectivity index (χ0n) is 17.0. The number of benzene rings is 2. The van der Waals surface area contributed by atoms with Gasteiger partial charge in [0.05, 0.1) is 31.9 Å². The number of sulfonamides is 1. The van der Waals surface area contributed by atoms with Gasteiger partial charge >= 0.3 is 0 Å². The maximum absolute atomic E-state index is 12.3. The lowest BCUT2D eigenvalue weighted by molar-refractivity contribution is -0.119. The second kappa shape index (κ2) is 10.8. The molecule has 2 aromatic rings. The summed E-state index contributed by atoms with van der Waals surface area (Å²) in [6, 6.07) is 11.7. The quantitative estimate of drug-likeness (QED) is 0.440. The summed E-state index contributed by atoms with van der Waals surface area (Å²) in [5, 5.41) is 4.19. The van der Waals surface area contributed by atoms with Gasteiger partial charge in [0.25, 0.3) is 5.91 Å². The molecular formula is C20H24ClN3O5S. The number of hydrogen-bond acceptors (Lipinski definition) is 6. The van der Waals surface area contributed by atoms with Crippen LogP contribution >= 0.6 is 11.6 Å². The maximum Gasteiger partial charge on any atom is 0.260 e. The molecule has 10 heteroatoms. The molecule has 0 fully saturated rings. The second-order valence-electron chi connectivity index (χ2n) is 6.30. The van der Waals surface area contributed by atoms with Gasteiger partial charge in [0, 0.05) is 5.02 Å². The summed E-state index contributed by atoms with van der Waals surface area (Å²) in [5.74, 6) is 0.394. The van der Waals surface area contributed by atoms with Gasteiger partial charge in [-0.25, -0.2) is 13.8 Å². The third-order valence-corrected chi connectivity index (χ3v) is 5.21. The van der Waals surface area contributed by atoms with Crippen molar-refractivity contribution in [3.8, 4) is 11.5 Å². The van der Waals surface area contributed by atoms with Gasteiger partial charge in [-0.3, -0.25) is 9.10 Å². The lowest BCUT2D eigenvalue weighted by Crippen LogP contribution is -2.39. The third kappa shape index (κ3) is 6.93. The number of nitrogens with zero attached hydrogens (tertiary/aromatic N) is 2. The molecule has 1 amide bonds. The van der Waals surface area contributed by atoms with E-state index in [1.54, 1.807) is 30.3 Å².